The van der Waals surface area contributed by atoms with Crippen molar-refractivity contribution < 1.29 is 8.85 Å². The van der Waals surface area contributed by atoms with Gasteiger partial charge < -0.3 is 8.85 Å². The van der Waals surface area contributed by atoms with Gasteiger partial charge in [-0.05, 0) is 25.9 Å². The van der Waals surface area contributed by atoms with E-state index in [2.05, 4.69) is 46.2 Å². The number of hydrogen-bond acceptors (Lipinski definition) is 3. The fourth-order valence-corrected chi connectivity index (χ4v) is 6.33. The Kier molecular flexibility index (Phi) is 6.18. The normalized spacial score (nSPS) is 13.9. The molecule has 0 aromatic carbocycles. The van der Waals surface area contributed by atoms with Gasteiger partial charge in [0, 0.05) is 19.3 Å². The van der Waals surface area contributed by atoms with Crippen molar-refractivity contribution in [2.24, 2.45) is 5.92 Å². The van der Waals surface area contributed by atoms with Crippen molar-refractivity contribution in [3.05, 3.63) is 0 Å². The smallest absolute Gasteiger partial charge is 0.386 e. The summed E-state index contributed by atoms with van der Waals surface area (Å²) < 4.78 is 14.0. The van der Waals surface area contributed by atoms with Gasteiger partial charge in [0.2, 0.25) is 0 Å². The van der Waals surface area contributed by atoms with Crippen molar-refractivity contribution in [1.29, 1.82) is 0 Å². The van der Waals surface area contributed by atoms with Gasteiger partial charge in [0.25, 0.3) is 0 Å². The molecule has 0 unspecified atom stereocenters. The average molecular weight is 247 g/mol. The zero-order valence-corrected chi connectivity index (χ0v) is 13.3. The SMILES string of the molecule is CCCN(C)[Si](OC)(OC)C(C)(C)C(C)C. The van der Waals surface area contributed by atoms with Gasteiger partial charge in [0.05, 0.1) is 0 Å². The molecule has 4 heteroatoms. The lowest BCUT2D eigenvalue weighted by Gasteiger charge is -2.48. The van der Waals surface area contributed by atoms with Crippen LogP contribution >= 0.6 is 0 Å². The van der Waals surface area contributed by atoms with Crippen LogP contribution in [0.2, 0.25) is 5.04 Å². The highest BCUT2D eigenvalue weighted by Gasteiger charge is 2.56. The van der Waals surface area contributed by atoms with Crippen molar-refractivity contribution in [3.63, 3.8) is 0 Å². The largest absolute Gasteiger partial charge is 0.433 e. The quantitative estimate of drug-likeness (QED) is 0.646. The summed E-state index contributed by atoms with van der Waals surface area (Å²) in [6.07, 6.45) is 1.12. The maximum Gasteiger partial charge on any atom is 0.433 e. The molecule has 0 saturated heterocycles. The molecule has 0 aromatic heterocycles. The third kappa shape index (κ3) is 2.67. The molecule has 0 fully saturated rings. The standard InChI is InChI=1S/C12H29NO2Si/c1-9-10-13(6)16(14-7,15-8)12(4,5)11(2)3/h11H,9-10H2,1-8H3. The van der Waals surface area contributed by atoms with Crippen LogP contribution in [0.3, 0.4) is 0 Å². The molecule has 0 aliphatic rings. The summed E-state index contributed by atoms with van der Waals surface area (Å²) >= 11 is 0. The van der Waals surface area contributed by atoms with Crippen LogP contribution in [-0.4, -0.2) is 41.1 Å². The lowest BCUT2D eigenvalue weighted by Crippen LogP contribution is -2.64. The van der Waals surface area contributed by atoms with E-state index in [1.165, 1.54) is 0 Å². The Morgan fingerprint density at radius 2 is 1.62 bits per heavy atom. The lowest BCUT2D eigenvalue weighted by molar-refractivity contribution is 0.131. The molecule has 0 amide bonds. The van der Waals surface area contributed by atoms with Gasteiger partial charge in [-0.15, -0.1) is 0 Å². The minimum atomic E-state index is -2.33. The van der Waals surface area contributed by atoms with Crippen LogP contribution in [0.1, 0.15) is 41.0 Å². The van der Waals surface area contributed by atoms with E-state index >= 15 is 0 Å². The van der Waals surface area contributed by atoms with Crippen molar-refractivity contribution in [3.8, 4) is 0 Å². The highest BCUT2D eigenvalue weighted by molar-refractivity contribution is 6.67. The Morgan fingerprint density at radius 3 is 1.88 bits per heavy atom. The fraction of sp³-hybridized carbons (Fsp3) is 1.00. The van der Waals surface area contributed by atoms with Crippen LogP contribution < -0.4 is 0 Å². The Morgan fingerprint density at radius 1 is 1.19 bits per heavy atom. The first-order chi connectivity index (χ1) is 7.30. The molecule has 0 aliphatic carbocycles. The maximum absolute atomic E-state index is 5.87. The molecule has 0 aliphatic heterocycles. The van der Waals surface area contributed by atoms with E-state index in [0.29, 0.717) is 5.92 Å². The second-order valence-electron chi connectivity index (χ2n) is 5.29. The molecule has 0 atom stereocenters. The molecule has 3 nitrogen and oxygen atoms in total. The van der Waals surface area contributed by atoms with E-state index in [0.717, 1.165) is 13.0 Å². The molecule has 0 N–H and O–H groups in total. The van der Waals surface area contributed by atoms with Crippen molar-refractivity contribution in [2.75, 3.05) is 27.8 Å². The topological polar surface area (TPSA) is 21.7 Å². The lowest BCUT2D eigenvalue weighted by atomic mass is 9.99. The summed E-state index contributed by atoms with van der Waals surface area (Å²) in [5, 5.41) is 0.0560. The van der Waals surface area contributed by atoms with Crippen LogP contribution in [0.4, 0.5) is 0 Å². The van der Waals surface area contributed by atoms with Gasteiger partial charge in [-0.25, -0.2) is 0 Å². The molecule has 0 radical (unpaired) electrons. The van der Waals surface area contributed by atoms with E-state index in [1.54, 1.807) is 14.2 Å². The molecule has 98 valence electrons. The third-order valence-corrected chi connectivity index (χ3v) is 8.41. The van der Waals surface area contributed by atoms with Crippen LogP contribution in [0, 0.1) is 5.92 Å². The van der Waals surface area contributed by atoms with E-state index in [4.69, 9.17) is 8.85 Å². The van der Waals surface area contributed by atoms with Gasteiger partial charge in [0.1, 0.15) is 0 Å². The second-order valence-corrected chi connectivity index (χ2v) is 9.32. The molecule has 0 spiro atoms. The minimum Gasteiger partial charge on any atom is -0.386 e. The van der Waals surface area contributed by atoms with E-state index in [1.807, 2.05) is 0 Å². The Hall–Kier alpha value is 0.0969. The molecule has 16 heavy (non-hydrogen) atoms. The first-order valence-electron chi connectivity index (χ1n) is 6.11. The third-order valence-electron chi connectivity index (χ3n) is 3.87. The first-order valence-corrected chi connectivity index (χ1v) is 7.88. The van der Waals surface area contributed by atoms with E-state index in [9.17, 15) is 0 Å². The summed E-state index contributed by atoms with van der Waals surface area (Å²) in [5.41, 5.74) is 0. The van der Waals surface area contributed by atoms with Crippen LogP contribution in [-0.2, 0) is 8.85 Å². The van der Waals surface area contributed by atoms with Crippen LogP contribution in [0.15, 0.2) is 0 Å². The van der Waals surface area contributed by atoms with Gasteiger partial charge in [-0.2, -0.15) is 0 Å². The predicted molar refractivity (Wildman–Crippen MR) is 71.6 cm³/mol. The monoisotopic (exact) mass is 247 g/mol. The zero-order chi connectivity index (χ0) is 13.0. The molecule has 0 bridgehead atoms. The van der Waals surface area contributed by atoms with Gasteiger partial charge in [-0.3, -0.25) is 4.57 Å². The van der Waals surface area contributed by atoms with E-state index in [-0.39, 0.29) is 5.04 Å². The molecule has 0 heterocycles. The number of rotatable bonds is 7. The highest BCUT2D eigenvalue weighted by atomic mass is 28.4. The summed E-state index contributed by atoms with van der Waals surface area (Å²) in [6.45, 7) is 12.2. The first kappa shape index (κ1) is 16.1. The van der Waals surface area contributed by atoms with Crippen LogP contribution in [0.5, 0.6) is 0 Å². The molecular weight excluding hydrogens is 218 g/mol. The van der Waals surface area contributed by atoms with E-state index < -0.39 is 8.72 Å². The minimum absolute atomic E-state index is 0.0560. The summed E-state index contributed by atoms with van der Waals surface area (Å²) in [6, 6.07) is 0. The van der Waals surface area contributed by atoms with Crippen molar-refractivity contribution >= 4 is 8.72 Å². The second kappa shape index (κ2) is 6.14. The van der Waals surface area contributed by atoms with Gasteiger partial charge in [0.15, 0.2) is 0 Å². The average Bonchev–Trinajstić information content (AvgIpc) is 2.20. The fourth-order valence-electron chi connectivity index (χ4n) is 2.26. The Labute approximate surface area is 102 Å². The number of nitrogens with zero attached hydrogens (tertiary/aromatic N) is 1. The molecule has 0 rings (SSSR count). The zero-order valence-electron chi connectivity index (χ0n) is 12.3. The molecule has 0 aromatic rings. The van der Waals surface area contributed by atoms with Gasteiger partial charge >= 0.3 is 8.72 Å². The highest BCUT2D eigenvalue weighted by Crippen LogP contribution is 2.45. The Balaban J connectivity index is 5.23. The van der Waals surface area contributed by atoms with Crippen molar-refractivity contribution in [1.82, 2.24) is 4.57 Å². The van der Waals surface area contributed by atoms with Crippen LogP contribution in [0.25, 0.3) is 0 Å². The summed E-state index contributed by atoms with van der Waals surface area (Å²) in [7, 11) is 3.36. The molecular formula is C12H29NO2Si. The maximum atomic E-state index is 5.87. The predicted octanol–water partition coefficient (Wildman–Crippen LogP) is 3.00. The van der Waals surface area contributed by atoms with Gasteiger partial charge in [-0.1, -0.05) is 34.6 Å². The Bertz CT molecular complexity index is 203. The molecule has 0 saturated carbocycles. The summed E-state index contributed by atoms with van der Waals surface area (Å²) in [4.78, 5) is 0. The number of hydrogen-bond donors (Lipinski definition) is 0. The van der Waals surface area contributed by atoms with Crippen molar-refractivity contribution in [2.45, 2.75) is 46.1 Å². The summed E-state index contributed by atoms with van der Waals surface area (Å²) in [5.74, 6) is 0.526.